The van der Waals surface area contributed by atoms with Crippen LogP contribution in [0.2, 0.25) is 0 Å². The van der Waals surface area contributed by atoms with Crippen LogP contribution in [0.4, 0.5) is 0 Å². The molecule has 2 radical (unpaired) electrons. The predicted molar refractivity (Wildman–Crippen MR) is 79.5 cm³/mol. The van der Waals surface area contributed by atoms with E-state index in [-0.39, 0.29) is 0 Å². The van der Waals surface area contributed by atoms with Crippen LogP contribution in [0, 0.1) is 13.8 Å². The largest absolute Gasteiger partial charge is 0.0944 e. The van der Waals surface area contributed by atoms with Crippen molar-refractivity contribution in [2.24, 2.45) is 0 Å². The van der Waals surface area contributed by atoms with Gasteiger partial charge in [0.25, 0.3) is 0 Å². The number of allylic oxidation sites excluding steroid dienone is 1. The Morgan fingerprint density at radius 1 is 0.944 bits per heavy atom. The average molecular weight is 248 g/mol. The Kier molecular flexibility index (Phi) is 2.92. The van der Waals surface area contributed by atoms with Gasteiger partial charge in [-0.05, 0) is 41.6 Å². The molecular formula is C17H16Si. The van der Waals surface area contributed by atoms with Gasteiger partial charge in [0.2, 0.25) is 0 Å². The van der Waals surface area contributed by atoms with Gasteiger partial charge in [0.05, 0.1) is 9.52 Å². The Labute approximate surface area is 111 Å². The van der Waals surface area contributed by atoms with Gasteiger partial charge in [0.1, 0.15) is 0 Å². The minimum atomic E-state index is 0.571. The van der Waals surface area contributed by atoms with Gasteiger partial charge in [-0.25, -0.2) is 0 Å². The summed E-state index contributed by atoms with van der Waals surface area (Å²) in [6.07, 6.45) is 4.61. The molecule has 1 heteroatoms. The Morgan fingerprint density at radius 3 is 2.67 bits per heavy atom. The average Bonchev–Trinajstić information content (AvgIpc) is 2.79. The highest BCUT2D eigenvalue weighted by atomic mass is 28.2. The maximum atomic E-state index is 2.35. The highest BCUT2D eigenvalue weighted by molar-refractivity contribution is 6.56. The van der Waals surface area contributed by atoms with Crippen molar-refractivity contribution in [2.45, 2.75) is 19.4 Å². The van der Waals surface area contributed by atoms with Crippen LogP contribution in [0.1, 0.15) is 27.8 Å². The molecule has 0 nitrogen and oxygen atoms in total. The molecule has 1 aliphatic rings. The fourth-order valence-corrected chi connectivity index (χ4v) is 4.00. The molecule has 0 saturated heterocycles. The molecule has 0 heterocycles. The lowest BCUT2D eigenvalue weighted by atomic mass is 10.1. The standard InChI is InChI=1S/C17H16Si/c1-12-6-5-9-16(13(12)2)18-17-11-10-14-7-3-4-8-15(14)17/h3-11,17H,1-2H3. The third kappa shape index (κ3) is 1.95. The van der Waals surface area contributed by atoms with Crippen molar-refractivity contribution in [1.29, 1.82) is 0 Å². The second-order valence-electron chi connectivity index (χ2n) is 4.86. The van der Waals surface area contributed by atoms with Gasteiger partial charge in [-0.3, -0.25) is 0 Å². The molecule has 0 amide bonds. The summed E-state index contributed by atoms with van der Waals surface area (Å²) in [6, 6.07) is 15.4. The number of hydrogen-bond acceptors (Lipinski definition) is 0. The number of hydrogen-bond donors (Lipinski definition) is 0. The molecule has 0 saturated carbocycles. The van der Waals surface area contributed by atoms with E-state index in [0.717, 1.165) is 9.52 Å². The Hall–Kier alpha value is -1.60. The first kappa shape index (κ1) is 11.5. The molecule has 1 unspecified atom stereocenters. The monoisotopic (exact) mass is 248 g/mol. The first-order chi connectivity index (χ1) is 8.75. The molecular weight excluding hydrogens is 232 g/mol. The maximum absolute atomic E-state index is 2.35. The summed E-state index contributed by atoms with van der Waals surface area (Å²) in [5.41, 5.74) is 6.29. The number of benzene rings is 2. The van der Waals surface area contributed by atoms with E-state index in [4.69, 9.17) is 0 Å². The highest BCUT2D eigenvalue weighted by Gasteiger charge is 2.18. The van der Waals surface area contributed by atoms with Gasteiger partial charge in [0, 0.05) is 0 Å². The summed E-state index contributed by atoms with van der Waals surface area (Å²) < 4.78 is 0. The summed E-state index contributed by atoms with van der Waals surface area (Å²) in [6.45, 7) is 4.43. The van der Waals surface area contributed by atoms with Gasteiger partial charge < -0.3 is 0 Å². The van der Waals surface area contributed by atoms with E-state index in [9.17, 15) is 0 Å². The summed E-state index contributed by atoms with van der Waals surface area (Å²) in [4.78, 5) is 0. The molecule has 0 spiro atoms. The van der Waals surface area contributed by atoms with E-state index in [0.29, 0.717) is 5.54 Å². The van der Waals surface area contributed by atoms with Crippen LogP contribution in [0.15, 0.2) is 48.5 Å². The third-order valence-corrected chi connectivity index (χ3v) is 5.38. The van der Waals surface area contributed by atoms with Gasteiger partial charge in [-0.2, -0.15) is 0 Å². The van der Waals surface area contributed by atoms with Gasteiger partial charge in [-0.15, -0.1) is 0 Å². The molecule has 0 fully saturated rings. The Bertz CT molecular complexity index is 611. The van der Waals surface area contributed by atoms with Crippen molar-refractivity contribution in [3.05, 3.63) is 70.8 Å². The van der Waals surface area contributed by atoms with E-state index >= 15 is 0 Å². The lowest BCUT2D eigenvalue weighted by molar-refractivity contribution is 1.23. The van der Waals surface area contributed by atoms with Crippen LogP contribution in [-0.4, -0.2) is 9.52 Å². The Balaban J connectivity index is 1.91. The molecule has 2 aromatic rings. The van der Waals surface area contributed by atoms with E-state index < -0.39 is 0 Å². The van der Waals surface area contributed by atoms with Crippen LogP contribution < -0.4 is 5.19 Å². The van der Waals surface area contributed by atoms with Crippen LogP contribution >= 0.6 is 0 Å². The molecule has 2 aromatic carbocycles. The molecule has 3 rings (SSSR count). The van der Waals surface area contributed by atoms with Gasteiger partial charge >= 0.3 is 0 Å². The van der Waals surface area contributed by atoms with E-state index in [1.54, 1.807) is 0 Å². The number of fused-ring (bicyclic) bond motifs is 1. The second kappa shape index (κ2) is 4.58. The quantitative estimate of drug-likeness (QED) is 0.715. The maximum Gasteiger partial charge on any atom is 0.0944 e. The van der Waals surface area contributed by atoms with E-state index in [1.165, 1.54) is 27.4 Å². The fraction of sp³-hybridized carbons (Fsp3) is 0.176. The molecule has 0 aromatic heterocycles. The predicted octanol–water partition coefficient (Wildman–Crippen LogP) is 3.40. The van der Waals surface area contributed by atoms with Crippen LogP contribution in [-0.2, 0) is 0 Å². The minimum absolute atomic E-state index is 0.571. The van der Waals surface area contributed by atoms with E-state index in [1.807, 2.05) is 0 Å². The molecule has 0 bridgehead atoms. The second-order valence-corrected chi connectivity index (χ2v) is 6.31. The highest BCUT2D eigenvalue weighted by Crippen LogP contribution is 2.28. The zero-order valence-electron chi connectivity index (χ0n) is 10.8. The van der Waals surface area contributed by atoms with Gasteiger partial charge in [-0.1, -0.05) is 59.8 Å². The molecule has 1 atom stereocenters. The van der Waals surface area contributed by atoms with Crippen LogP contribution in [0.5, 0.6) is 0 Å². The molecule has 0 aliphatic heterocycles. The lowest BCUT2D eigenvalue weighted by Gasteiger charge is -2.13. The third-order valence-electron chi connectivity index (χ3n) is 3.71. The molecule has 88 valence electrons. The smallest absolute Gasteiger partial charge is 0.0792 e. The first-order valence-electron chi connectivity index (χ1n) is 6.35. The van der Waals surface area contributed by atoms with Crippen LogP contribution in [0.25, 0.3) is 6.08 Å². The van der Waals surface area contributed by atoms with Gasteiger partial charge in [0.15, 0.2) is 0 Å². The van der Waals surface area contributed by atoms with Crippen molar-refractivity contribution < 1.29 is 0 Å². The van der Waals surface area contributed by atoms with Crippen molar-refractivity contribution in [1.82, 2.24) is 0 Å². The van der Waals surface area contributed by atoms with Crippen molar-refractivity contribution in [2.75, 3.05) is 0 Å². The molecule has 18 heavy (non-hydrogen) atoms. The van der Waals surface area contributed by atoms with Crippen molar-refractivity contribution in [3.63, 3.8) is 0 Å². The zero-order valence-corrected chi connectivity index (χ0v) is 11.8. The zero-order chi connectivity index (χ0) is 12.5. The molecule has 0 N–H and O–H groups in total. The topological polar surface area (TPSA) is 0 Å². The minimum Gasteiger partial charge on any atom is -0.0792 e. The lowest BCUT2D eigenvalue weighted by Crippen LogP contribution is -2.23. The van der Waals surface area contributed by atoms with Crippen LogP contribution in [0.3, 0.4) is 0 Å². The SMILES string of the molecule is Cc1cccc([Si]C2C=Cc3ccccc32)c1C. The van der Waals surface area contributed by atoms with E-state index in [2.05, 4.69) is 68.5 Å². The summed E-state index contributed by atoms with van der Waals surface area (Å²) in [5, 5.41) is 1.50. The Morgan fingerprint density at radius 2 is 1.78 bits per heavy atom. The fourth-order valence-electron chi connectivity index (χ4n) is 2.45. The molecule has 1 aliphatic carbocycles. The summed E-state index contributed by atoms with van der Waals surface area (Å²) in [5.74, 6) is 0. The van der Waals surface area contributed by atoms with Crippen molar-refractivity contribution in [3.8, 4) is 0 Å². The van der Waals surface area contributed by atoms with Crippen molar-refractivity contribution >= 4 is 20.8 Å². The normalized spacial score (nSPS) is 16.9. The number of rotatable bonds is 2. The first-order valence-corrected chi connectivity index (χ1v) is 7.43. The summed E-state index contributed by atoms with van der Waals surface area (Å²) in [7, 11) is 0.834. The number of aryl methyl sites for hydroxylation is 1. The summed E-state index contributed by atoms with van der Waals surface area (Å²) >= 11 is 0.